The summed E-state index contributed by atoms with van der Waals surface area (Å²) in [7, 11) is 0. The van der Waals surface area contributed by atoms with Crippen molar-refractivity contribution in [2.45, 2.75) is 25.8 Å². The van der Waals surface area contributed by atoms with Gasteiger partial charge in [0.25, 0.3) is 0 Å². The Hall–Kier alpha value is -1.42. The normalized spacial score (nSPS) is 21.3. The predicted molar refractivity (Wildman–Crippen MR) is 60.7 cm³/mol. The summed E-state index contributed by atoms with van der Waals surface area (Å²) >= 11 is 0. The van der Waals surface area contributed by atoms with Crippen LogP contribution in [-0.2, 0) is 4.79 Å². The number of carbonyl (C=O) groups excluding carboxylic acids is 1. The van der Waals surface area contributed by atoms with Gasteiger partial charge in [0.05, 0.1) is 11.7 Å². The van der Waals surface area contributed by atoms with Crippen LogP contribution in [0.3, 0.4) is 0 Å². The average Bonchev–Trinajstić information content (AvgIpc) is 2.24. The first-order valence-electron chi connectivity index (χ1n) is 5.43. The SMILES string of the molecule is Cc1cccc(F)c1N1CCCC(N)C1=O. The second kappa shape index (κ2) is 4.22. The number of amides is 1. The topological polar surface area (TPSA) is 46.3 Å². The molecule has 1 fully saturated rings. The van der Waals surface area contributed by atoms with Gasteiger partial charge in [-0.05, 0) is 31.4 Å². The Kier molecular flexibility index (Phi) is 2.92. The summed E-state index contributed by atoms with van der Waals surface area (Å²) in [5, 5.41) is 0. The van der Waals surface area contributed by atoms with Gasteiger partial charge in [0.15, 0.2) is 0 Å². The number of hydrogen-bond acceptors (Lipinski definition) is 2. The molecule has 16 heavy (non-hydrogen) atoms. The third-order valence-electron chi connectivity index (χ3n) is 2.94. The third-order valence-corrected chi connectivity index (χ3v) is 2.94. The van der Waals surface area contributed by atoms with Crippen LogP contribution in [0.1, 0.15) is 18.4 Å². The van der Waals surface area contributed by atoms with Gasteiger partial charge in [0.2, 0.25) is 5.91 Å². The number of anilines is 1. The number of para-hydroxylation sites is 1. The van der Waals surface area contributed by atoms with Crippen molar-refractivity contribution in [2.75, 3.05) is 11.4 Å². The lowest BCUT2D eigenvalue weighted by Gasteiger charge is -2.31. The van der Waals surface area contributed by atoms with E-state index < -0.39 is 6.04 Å². The molecule has 2 rings (SSSR count). The maximum absolute atomic E-state index is 13.7. The highest BCUT2D eigenvalue weighted by molar-refractivity contribution is 5.98. The van der Waals surface area contributed by atoms with E-state index in [9.17, 15) is 9.18 Å². The van der Waals surface area contributed by atoms with E-state index in [4.69, 9.17) is 5.73 Å². The summed E-state index contributed by atoms with van der Waals surface area (Å²) in [5.41, 5.74) is 6.84. The van der Waals surface area contributed by atoms with Gasteiger partial charge in [-0.1, -0.05) is 12.1 Å². The maximum Gasteiger partial charge on any atom is 0.243 e. The minimum atomic E-state index is -0.493. The first kappa shape index (κ1) is 11.1. The molecule has 1 amide bonds. The average molecular weight is 222 g/mol. The molecular formula is C12H15FN2O. The Bertz CT molecular complexity index is 399. The van der Waals surface area contributed by atoms with Gasteiger partial charge in [0, 0.05) is 6.54 Å². The number of hydrogen-bond donors (Lipinski definition) is 1. The van der Waals surface area contributed by atoms with Crippen molar-refractivity contribution in [1.82, 2.24) is 0 Å². The highest BCUT2D eigenvalue weighted by Crippen LogP contribution is 2.27. The van der Waals surface area contributed by atoms with Crippen molar-refractivity contribution in [3.8, 4) is 0 Å². The maximum atomic E-state index is 13.7. The molecule has 0 radical (unpaired) electrons. The Morgan fingerprint density at radius 1 is 1.50 bits per heavy atom. The van der Waals surface area contributed by atoms with Gasteiger partial charge < -0.3 is 10.6 Å². The molecule has 0 spiro atoms. The summed E-state index contributed by atoms with van der Waals surface area (Å²) in [4.78, 5) is 13.3. The van der Waals surface area contributed by atoms with Gasteiger partial charge in [-0.2, -0.15) is 0 Å². The van der Waals surface area contributed by atoms with E-state index in [1.54, 1.807) is 19.1 Å². The molecule has 1 aromatic carbocycles. The minimum absolute atomic E-state index is 0.181. The largest absolute Gasteiger partial charge is 0.320 e. The van der Waals surface area contributed by atoms with Crippen molar-refractivity contribution >= 4 is 11.6 Å². The Labute approximate surface area is 94.0 Å². The molecule has 1 aliphatic rings. The number of nitrogens with zero attached hydrogens (tertiary/aromatic N) is 1. The molecular weight excluding hydrogens is 207 g/mol. The zero-order chi connectivity index (χ0) is 11.7. The summed E-state index contributed by atoms with van der Waals surface area (Å²) < 4.78 is 13.7. The lowest BCUT2D eigenvalue weighted by Crippen LogP contribution is -2.49. The molecule has 1 atom stereocenters. The number of halogens is 1. The fraction of sp³-hybridized carbons (Fsp3) is 0.417. The van der Waals surface area contributed by atoms with Crippen molar-refractivity contribution in [2.24, 2.45) is 5.73 Å². The number of nitrogens with two attached hydrogens (primary N) is 1. The molecule has 1 heterocycles. The smallest absolute Gasteiger partial charge is 0.243 e. The van der Waals surface area contributed by atoms with Gasteiger partial charge in [-0.15, -0.1) is 0 Å². The molecule has 1 aromatic rings. The fourth-order valence-corrected chi connectivity index (χ4v) is 2.09. The molecule has 1 saturated heterocycles. The Balaban J connectivity index is 2.40. The molecule has 86 valence electrons. The van der Waals surface area contributed by atoms with Gasteiger partial charge in [-0.3, -0.25) is 4.79 Å². The number of rotatable bonds is 1. The summed E-state index contributed by atoms with van der Waals surface area (Å²) in [5.74, 6) is -0.540. The summed E-state index contributed by atoms with van der Waals surface area (Å²) in [6.45, 7) is 2.35. The zero-order valence-electron chi connectivity index (χ0n) is 9.24. The fourth-order valence-electron chi connectivity index (χ4n) is 2.09. The van der Waals surface area contributed by atoms with Crippen LogP contribution in [0.4, 0.5) is 10.1 Å². The van der Waals surface area contributed by atoms with Gasteiger partial charge in [0.1, 0.15) is 5.82 Å². The van der Waals surface area contributed by atoms with Crippen molar-refractivity contribution in [3.63, 3.8) is 0 Å². The van der Waals surface area contributed by atoms with Crippen LogP contribution in [0.5, 0.6) is 0 Å². The van der Waals surface area contributed by atoms with Gasteiger partial charge >= 0.3 is 0 Å². The first-order valence-corrected chi connectivity index (χ1v) is 5.43. The van der Waals surface area contributed by atoms with Crippen molar-refractivity contribution < 1.29 is 9.18 Å². The van der Waals surface area contributed by atoms with E-state index in [0.717, 1.165) is 12.0 Å². The molecule has 0 saturated carbocycles. The van der Waals surface area contributed by atoms with E-state index in [-0.39, 0.29) is 11.7 Å². The van der Waals surface area contributed by atoms with E-state index >= 15 is 0 Å². The van der Waals surface area contributed by atoms with Crippen molar-refractivity contribution in [3.05, 3.63) is 29.6 Å². The van der Waals surface area contributed by atoms with Crippen LogP contribution in [0.15, 0.2) is 18.2 Å². The van der Waals surface area contributed by atoms with Gasteiger partial charge in [-0.25, -0.2) is 4.39 Å². The van der Waals surface area contributed by atoms with Crippen molar-refractivity contribution in [1.29, 1.82) is 0 Å². The second-order valence-corrected chi connectivity index (χ2v) is 4.14. The number of aryl methyl sites for hydroxylation is 1. The molecule has 2 N–H and O–H groups in total. The second-order valence-electron chi connectivity index (χ2n) is 4.14. The predicted octanol–water partition coefficient (Wildman–Crippen LogP) is 1.59. The zero-order valence-corrected chi connectivity index (χ0v) is 9.24. The summed E-state index contributed by atoms with van der Waals surface area (Å²) in [6, 6.07) is 4.32. The highest BCUT2D eigenvalue weighted by atomic mass is 19.1. The first-order chi connectivity index (χ1) is 7.61. The molecule has 0 aromatic heterocycles. The van der Waals surface area contributed by atoms with E-state index in [1.807, 2.05) is 0 Å². The Morgan fingerprint density at radius 2 is 2.25 bits per heavy atom. The van der Waals surface area contributed by atoms with E-state index in [2.05, 4.69) is 0 Å². The van der Waals surface area contributed by atoms with E-state index in [0.29, 0.717) is 18.7 Å². The van der Waals surface area contributed by atoms with Crippen LogP contribution in [0.2, 0.25) is 0 Å². The molecule has 0 aliphatic carbocycles. The summed E-state index contributed by atoms with van der Waals surface area (Å²) in [6.07, 6.45) is 1.50. The van der Waals surface area contributed by atoms with Crippen LogP contribution < -0.4 is 10.6 Å². The number of carbonyl (C=O) groups is 1. The molecule has 0 bridgehead atoms. The Morgan fingerprint density at radius 3 is 2.94 bits per heavy atom. The van der Waals surface area contributed by atoms with Crippen LogP contribution in [0.25, 0.3) is 0 Å². The lowest BCUT2D eigenvalue weighted by atomic mass is 10.0. The molecule has 4 heteroatoms. The standard InChI is InChI=1S/C12H15FN2O/c1-8-4-2-5-9(13)11(8)15-7-3-6-10(14)12(15)16/h2,4-5,10H,3,6-7,14H2,1H3. The molecule has 3 nitrogen and oxygen atoms in total. The quantitative estimate of drug-likeness (QED) is 0.784. The van der Waals surface area contributed by atoms with Crippen LogP contribution in [-0.4, -0.2) is 18.5 Å². The minimum Gasteiger partial charge on any atom is -0.320 e. The number of piperidine rings is 1. The molecule has 1 unspecified atom stereocenters. The highest BCUT2D eigenvalue weighted by Gasteiger charge is 2.29. The number of benzene rings is 1. The monoisotopic (exact) mass is 222 g/mol. The van der Waals surface area contributed by atoms with E-state index in [1.165, 1.54) is 11.0 Å². The lowest BCUT2D eigenvalue weighted by molar-refractivity contribution is -0.120. The third kappa shape index (κ3) is 1.80. The molecule has 1 aliphatic heterocycles. The van der Waals surface area contributed by atoms with Crippen LogP contribution in [0, 0.1) is 12.7 Å². The van der Waals surface area contributed by atoms with Crippen LogP contribution >= 0.6 is 0 Å².